The summed E-state index contributed by atoms with van der Waals surface area (Å²) in [5.41, 5.74) is -0.136. The minimum Gasteiger partial charge on any atom is -0.489 e. The van der Waals surface area contributed by atoms with E-state index in [9.17, 15) is 13.2 Å². The fourth-order valence-electron chi connectivity index (χ4n) is 2.49. The molecular weight excluding hydrogens is 294 g/mol. The van der Waals surface area contributed by atoms with Crippen molar-refractivity contribution in [1.82, 2.24) is 0 Å². The molecule has 1 fully saturated rings. The number of rotatable bonds is 4. The molecule has 7 heteroatoms. The van der Waals surface area contributed by atoms with Gasteiger partial charge in [-0.05, 0) is 49.8 Å². The molecule has 1 aliphatic rings. The molecule has 0 aromatic heterocycles. The highest BCUT2D eigenvalue weighted by Crippen LogP contribution is 2.30. The zero-order valence-corrected chi connectivity index (χ0v) is 12.6. The third kappa shape index (κ3) is 3.95. The quantitative estimate of drug-likeness (QED) is 0.884. The predicted molar refractivity (Wildman–Crippen MR) is 76.8 cm³/mol. The van der Waals surface area contributed by atoms with Gasteiger partial charge in [0.1, 0.15) is 10.6 Å². The molecule has 2 rings (SSSR count). The second kappa shape index (κ2) is 6.03. The molecule has 0 unspecified atom stereocenters. The molecule has 0 saturated heterocycles. The molecular formula is C14H19NO5S. The summed E-state index contributed by atoms with van der Waals surface area (Å²) in [6.07, 6.45) is 3.71. The van der Waals surface area contributed by atoms with E-state index in [-0.39, 0.29) is 22.3 Å². The Morgan fingerprint density at radius 1 is 1.29 bits per heavy atom. The average Bonchev–Trinajstić information content (AvgIpc) is 2.40. The number of hydrogen-bond acceptors (Lipinski definition) is 4. The molecule has 1 aromatic rings. The van der Waals surface area contributed by atoms with Gasteiger partial charge in [-0.3, -0.25) is 0 Å². The van der Waals surface area contributed by atoms with Crippen LogP contribution in [0.15, 0.2) is 23.1 Å². The SMILES string of the molecule is CC1CCC(Oc2ccc(C(=O)O)cc2S(N)(=O)=O)CC1. The maximum atomic E-state index is 11.6. The van der Waals surface area contributed by atoms with Crippen molar-refractivity contribution >= 4 is 16.0 Å². The molecule has 6 nitrogen and oxygen atoms in total. The summed E-state index contributed by atoms with van der Waals surface area (Å²) in [5, 5.41) is 14.1. The van der Waals surface area contributed by atoms with Crippen LogP contribution in [-0.4, -0.2) is 25.6 Å². The number of hydrogen-bond donors (Lipinski definition) is 2. The molecule has 1 aromatic carbocycles. The number of carboxylic acids is 1. The molecule has 0 spiro atoms. The third-order valence-corrected chi connectivity index (χ3v) is 4.69. The lowest BCUT2D eigenvalue weighted by Crippen LogP contribution is -2.24. The van der Waals surface area contributed by atoms with E-state index in [1.165, 1.54) is 12.1 Å². The zero-order valence-electron chi connectivity index (χ0n) is 11.8. The first-order valence-electron chi connectivity index (χ1n) is 6.84. The van der Waals surface area contributed by atoms with Crippen LogP contribution < -0.4 is 9.88 Å². The van der Waals surface area contributed by atoms with E-state index in [4.69, 9.17) is 15.0 Å². The van der Waals surface area contributed by atoms with Crippen molar-refractivity contribution in [2.24, 2.45) is 11.1 Å². The first-order chi connectivity index (χ1) is 9.77. The second-order valence-electron chi connectivity index (χ2n) is 5.51. The molecule has 0 radical (unpaired) electrons. The molecule has 21 heavy (non-hydrogen) atoms. The van der Waals surface area contributed by atoms with Gasteiger partial charge in [0.25, 0.3) is 0 Å². The van der Waals surface area contributed by atoms with Crippen molar-refractivity contribution in [3.8, 4) is 5.75 Å². The number of carboxylic acid groups (broad SMARTS) is 1. The van der Waals surface area contributed by atoms with Crippen LogP contribution in [0.5, 0.6) is 5.75 Å². The number of sulfonamides is 1. The van der Waals surface area contributed by atoms with Crippen molar-refractivity contribution in [3.63, 3.8) is 0 Å². The Morgan fingerprint density at radius 3 is 2.43 bits per heavy atom. The van der Waals surface area contributed by atoms with Crippen LogP contribution in [0.2, 0.25) is 0 Å². The van der Waals surface area contributed by atoms with Crippen molar-refractivity contribution in [1.29, 1.82) is 0 Å². The predicted octanol–water partition coefficient (Wildman–Crippen LogP) is 1.99. The molecule has 1 aliphatic carbocycles. The van der Waals surface area contributed by atoms with Crippen LogP contribution in [0.4, 0.5) is 0 Å². The van der Waals surface area contributed by atoms with E-state index in [0.29, 0.717) is 5.92 Å². The lowest BCUT2D eigenvalue weighted by molar-refractivity contribution is 0.0696. The third-order valence-electron chi connectivity index (χ3n) is 3.75. The topological polar surface area (TPSA) is 107 Å². The first kappa shape index (κ1) is 15.8. The molecule has 0 aliphatic heterocycles. The summed E-state index contributed by atoms with van der Waals surface area (Å²) >= 11 is 0. The van der Waals surface area contributed by atoms with Gasteiger partial charge in [-0.1, -0.05) is 6.92 Å². The van der Waals surface area contributed by atoms with Gasteiger partial charge in [-0.25, -0.2) is 18.4 Å². The summed E-state index contributed by atoms with van der Waals surface area (Å²) in [7, 11) is -4.04. The molecule has 0 amide bonds. The van der Waals surface area contributed by atoms with Crippen LogP contribution >= 0.6 is 0 Å². The first-order valence-corrected chi connectivity index (χ1v) is 8.39. The highest BCUT2D eigenvalue weighted by molar-refractivity contribution is 7.89. The van der Waals surface area contributed by atoms with Gasteiger partial charge < -0.3 is 9.84 Å². The van der Waals surface area contributed by atoms with Crippen LogP contribution in [0.3, 0.4) is 0 Å². The largest absolute Gasteiger partial charge is 0.489 e. The normalized spacial score (nSPS) is 22.8. The van der Waals surface area contributed by atoms with Crippen LogP contribution in [0.1, 0.15) is 43.0 Å². The van der Waals surface area contributed by atoms with Gasteiger partial charge in [0, 0.05) is 0 Å². The number of nitrogens with two attached hydrogens (primary N) is 1. The van der Waals surface area contributed by atoms with Crippen molar-refractivity contribution < 1.29 is 23.1 Å². The Kier molecular flexibility index (Phi) is 4.53. The van der Waals surface area contributed by atoms with Crippen molar-refractivity contribution in [3.05, 3.63) is 23.8 Å². The Bertz CT molecular complexity index is 633. The number of carbonyl (C=O) groups is 1. The highest BCUT2D eigenvalue weighted by Gasteiger charge is 2.23. The summed E-state index contributed by atoms with van der Waals surface area (Å²) in [4.78, 5) is 10.7. The van der Waals surface area contributed by atoms with Crippen LogP contribution in [-0.2, 0) is 10.0 Å². The van der Waals surface area contributed by atoms with E-state index in [1.54, 1.807) is 0 Å². The standard InChI is InChI=1S/C14H19NO5S/c1-9-2-5-11(6-3-9)20-12-7-4-10(14(16)17)8-13(12)21(15,18)19/h4,7-9,11H,2-3,5-6H2,1H3,(H,16,17)(H2,15,18,19). The molecule has 0 heterocycles. The number of primary sulfonamides is 1. The fourth-order valence-corrected chi connectivity index (χ4v) is 3.18. The lowest BCUT2D eigenvalue weighted by Gasteiger charge is -2.27. The molecule has 0 bridgehead atoms. The lowest BCUT2D eigenvalue weighted by atomic mass is 9.89. The summed E-state index contributed by atoms with van der Waals surface area (Å²) in [6.45, 7) is 2.17. The Morgan fingerprint density at radius 2 is 1.90 bits per heavy atom. The summed E-state index contributed by atoms with van der Waals surface area (Å²) < 4.78 is 29.0. The minimum absolute atomic E-state index is 0.0580. The number of ether oxygens (including phenoxy) is 1. The molecule has 1 saturated carbocycles. The summed E-state index contributed by atoms with van der Waals surface area (Å²) in [5.74, 6) is -0.433. The smallest absolute Gasteiger partial charge is 0.335 e. The molecule has 116 valence electrons. The van der Waals surface area contributed by atoms with Crippen LogP contribution in [0, 0.1) is 5.92 Å². The fraction of sp³-hybridized carbons (Fsp3) is 0.500. The Balaban J connectivity index is 2.28. The number of benzene rings is 1. The molecule has 0 atom stereocenters. The van der Waals surface area contributed by atoms with E-state index in [0.717, 1.165) is 31.7 Å². The minimum atomic E-state index is -4.04. The van der Waals surface area contributed by atoms with E-state index in [2.05, 4.69) is 6.92 Å². The van der Waals surface area contributed by atoms with E-state index >= 15 is 0 Å². The zero-order chi connectivity index (χ0) is 15.6. The summed E-state index contributed by atoms with van der Waals surface area (Å²) in [6, 6.07) is 3.72. The van der Waals surface area contributed by atoms with E-state index in [1.807, 2.05) is 0 Å². The number of aromatic carboxylic acids is 1. The van der Waals surface area contributed by atoms with E-state index < -0.39 is 16.0 Å². The van der Waals surface area contributed by atoms with Gasteiger partial charge in [-0.15, -0.1) is 0 Å². The second-order valence-corrected chi connectivity index (χ2v) is 7.04. The van der Waals surface area contributed by atoms with Crippen LogP contribution in [0.25, 0.3) is 0 Å². The van der Waals surface area contributed by atoms with Gasteiger partial charge in [0.05, 0.1) is 11.7 Å². The highest BCUT2D eigenvalue weighted by atomic mass is 32.2. The van der Waals surface area contributed by atoms with Gasteiger partial charge in [-0.2, -0.15) is 0 Å². The van der Waals surface area contributed by atoms with Gasteiger partial charge in [0.15, 0.2) is 0 Å². The van der Waals surface area contributed by atoms with Gasteiger partial charge >= 0.3 is 5.97 Å². The maximum Gasteiger partial charge on any atom is 0.335 e. The maximum absolute atomic E-state index is 11.6. The average molecular weight is 313 g/mol. The van der Waals surface area contributed by atoms with Crippen molar-refractivity contribution in [2.45, 2.75) is 43.6 Å². The van der Waals surface area contributed by atoms with Crippen molar-refractivity contribution in [2.75, 3.05) is 0 Å². The molecule has 3 N–H and O–H groups in total. The Labute approximate surface area is 124 Å². The Hall–Kier alpha value is -1.60. The monoisotopic (exact) mass is 313 g/mol. The van der Waals surface area contributed by atoms with Gasteiger partial charge in [0.2, 0.25) is 10.0 Å².